The summed E-state index contributed by atoms with van der Waals surface area (Å²) in [7, 11) is 0. The highest BCUT2D eigenvalue weighted by Crippen LogP contribution is 2.30. The number of amides is 1. The maximum atomic E-state index is 13.4. The Morgan fingerprint density at radius 1 is 0.648 bits per heavy atom. The summed E-state index contributed by atoms with van der Waals surface area (Å²) in [5, 5.41) is 2.47. The maximum absolute atomic E-state index is 13.4. The minimum absolute atomic E-state index is 0.0737. The van der Waals surface area contributed by atoms with Crippen molar-refractivity contribution >= 4 is 30.0 Å². The number of esters is 4. The lowest BCUT2D eigenvalue weighted by Gasteiger charge is -2.27. The van der Waals surface area contributed by atoms with Gasteiger partial charge in [0.2, 0.25) is 0 Å². The molecule has 4 aromatic rings. The highest BCUT2D eigenvalue weighted by atomic mass is 16.7. The Balaban J connectivity index is 1.40. The molecule has 1 saturated heterocycles. The zero-order valence-electron chi connectivity index (χ0n) is 30.0. The summed E-state index contributed by atoms with van der Waals surface area (Å²) in [6, 6.07) is 31.9. The predicted molar refractivity (Wildman–Crippen MR) is 192 cm³/mol. The van der Waals surface area contributed by atoms with E-state index in [2.05, 4.69) is 5.32 Å². The number of alkyl carbamates (subject to hydrolysis) is 1. The Kier molecular flexibility index (Phi) is 13.5. The highest BCUT2D eigenvalue weighted by molar-refractivity contribution is 5.91. The maximum Gasteiger partial charge on any atom is 0.408 e. The largest absolute Gasteiger partial charge is 0.459 e. The number of ether oxygens (including phenoxy) is 7. The van der Waals surface area contributed by atoms with Gasteiger partial charge in [0.05, 0.1) is 23.3 Å². The Morgan fingerprint density at radius 2 is 1.13 bits per heavy atom. The molecule has 54 heavy (non-hydrogen) atoms. The van der Waals surface area contributed by atoms with Gasteiger partial charge in [-0.25, -0.2) is 24.0 Å². The lowest BCUT2D eigenvalue weighted by Crippen LogP contribution is -2.49. The molecule has 5 atom stereocenters. The van der Waals surface area contributed by atoms with Crippen LogP contribution in [0.25, 0.3) is 0 Å². The van der Waals surface area contributed by atoms with Gasteiger partial charge in [0.25, 0.3) is 0 Å². The molecular weight excluding hydrogens is 698 g/mol. The molecule has 0 unspecified atom stereocenters. The Hall–Kier alpha value is -6.05. The first-order chi connectivity index (χ1) is 26.0. The summed E-state index contributed by atoms with van der Waals surface area (Å²) in [4.78, 5) is 66.0. The molecule has 1 aliphatic rings. The molecule has 1 amide bonds. The van der Waals surface area contributed by atoms with Crippen molar-refractivity contribution in [3.63, 3.8) is 0 Å². The number of carbonyl (C=O) groups excluding carboxylic acids is 5. The summed E-state index contributed by atoms with van der Waals surface area (Å²) >= 11 is 0. The van der Waals surface area contributed by atoms with Crippen molar-refractivity contribution in [2.75, 3.05) is 13.2 Å². The molecule has 1 N–H and O–H groups in total. The van der Waals surface area contributed by atoms with Crippen LogP contribution in [0.1, 0.15) is 57.4 Å². The molecule has 0 aliphatic carbocycles. The topological polar surface area (TPSA) is 162 Å². The molecular formula is C41H41NO12. The number of benzene rings is 4. The molecule has 1 fully saturated rings. The first-order valence-electron chi connectivity index (χ1n) is 17.2. The number of nitrogens with one attached hydrogen (secondary N) is 1. The molecule has 1 heterocycles. The van der Waals surface area contributed by atoms with E-state index in [0.29, 0.717) is 0 Å². The molecule has 0 bridgehead atoms. The molecule has 0 spiro atoms. The number of rotatable bonds is 14. The standard InChI is InChI=1S/C41H41NO12/c1-41(2,3)54-38(46)31(42-40(47)50-24-27-16-8-4-9-17-27)25-49-39-34(53-37(45)30-22-14-7-15-23-30)33(52-36(44)29-20-12-6-13-21-29)32(51-39)26-48-35(43)28-18-10-5-11-19-28/h4-23,31-34,39H,24-26H2,1-3H3,(H,42,47)/t31-,32+,33+,34+,39+/m0/s1. The fraction of sp³-hybridized carbons (Fsp3) is 0.293. The normalized spacial score (nSPS) is 18.4. The van der Waals surface area contributed by atoms with Gasteiger partial charge in [0.15, 0.2) is 24.5 Å². The summed E-state index contributed by atoms with van der Waals surface area (Å²) < 4.78 is 40.4. The van der Waals surface area contributed by atoms with Crippen LogP contribution in [0.3, 0.4) is 0 Å². The second-order valence-electron chi connectivity index (χ2n) is 13.1. The summed E-state index contributed by atoms with van der Waals surface area (Å²) in [6.07, 6.45) is -6.47. The molecule has 1 aliphatic heterocycles. The Morgan fingerprint density at radius 3 is 1.65 bits per heavy atom. The van der Waals surface area contributed by atoms with E-state index in [9.17, 15) is 24.0 Å². The SMILES string of the molecule is CC(C)(C)OC(=O)[C@H](CO[C@@H]1O[C@H](COC(=O)c2ccccc2)[C@@H](OC(=O)c2ccccc2)[C@H]1OC(=O)c1ccccc1)NC(=O)OCc1ccccc1. The van der Waals surface area contributed by atoms with Gasteiger partial charge in [-0.3, -0.25) is 0 Å². The van der Waals surface area contributed by atoms with E-state index >= 15 is 0 Å². The van der Waals surface area contributed by atoms with E-state index in [1.165, 1.54) is 24.3 Å². The first-order valence-corrected chi connectivity index (χ1v) is 17.2. The van der Waals surface area contributed by atoms with Crippen molar-refractivity contribution in [1.29, 1.82) is 0 Å². The zero-order chi connectivity index (χ0) is 38.5. The molecule has 4 aromatic carbocycles. The fourth-order valence-corrected chi connectivity index (χ4v) is 5.21. The van der Waals surface area contributed by atoms with E-state index in [0.717, 1.165) is 5.56 Å². The van der Waals surface area contributed by atoms with Gasteiger partial charge in [-0.15, -0.1) is 0 Å². The summed E-state index contributed by atoms with van der Waals surface area (Å²) in [5.74, 6) is -3.11. The Bertz CT molecular complexity index is 1850. The van der Waals surface area contributed by atoms with Crippen molar-refractivity contribution in [1.82, 2.24) is 5.32 Å². The van der Waals surface area contributed by atoms with Crippen molar-refractivity contribution in [2.24, 2.45) is 0 Å². The Labute approximate surface area is 312 Å². The molecule has 0 aromatic heterocycles. The third-order valence-electron chi connectivity index (χ3n) is 7.78. The van der Waals surface area contributed by atoms with Gasteiger partial charge in [0, 0.05) is 0 Å². The molecule has 0 saturated carbocycles. The van der Waals surface area contributed by atoms with E-state index in [1.54, 1.807) is 112 Å². The molecule has 13 heteroatoms. The van der Waals surface area contributed by atoms with Crippen LogP contribution in [0, 0.1) is 0 Å². The van der Waals surface area contributed by atoms with E-state index in [4.69, 9.17) is 33.2 Å². The average molecular weight is 740 g/mol. The number of hydrogen-bond donors (Lipinski definition) is 1. The second kappa shape index (κ2) is 18.6. The summed E-state index contributed by atoms with van der Waals surface area (Å²) in [5.41, 5.74) is 0.414. The fourth-order valence-electron chi connectivity index (χ4n) is 5.21. The van der Waals surface area contributed by atoms with Gasteiger partial charge in [0.1, 0.15) is 24.9 Å². The van der Waals surface area contributed by atoms with Crippen LogP contribution >= 0.6 is 0 Å². The van der Waals surface area contributed by atoms with E-state index < -0.39 is 79.4 Å². The average Bonchev–Trinajstić information content (AvgIpc) is 3.49. The minimum Gasteiger partial charge on any atom is -0.459 e. The van der Waals surface area contributed by atoms with Crippen molar-refractivity contribution in [3.05, 3.63) is 144 Å². The third-order valence-corrected chi connectivity index (χ3v) is 7.78. The van der Waals surface area contributed by atoms with Crippen LogP contribution in [0.4, 0.5) is 4.79 Å². The summed E-state index contributed by atoms with van der Waals surface area (Å²) in [6.45, 7) is 3.89. The van der Waals surface area contributed by atoms with Crippen LogP contribution in [0.2, 0.25) is 0 Å². The van der Waals surface area contributed by atoms with Gasteiger partial charge in [-0.1, -0.05) is 84.9 Å². The van der Waals surface area contributed by atoms with Gasteiger partial charge in [-0.2, -0.15) is 0 Å². The van der Waals surface area contributed by atoms with Gasteiger partial charge in [-0.05, 0) is 62.7 Å². The van der Waals surface area contributed by atoms with E-state index in [1.807, 2.05) is 6.07 Å². The van der Waals surface area contributed by atoms with Crippen LogP contribution in [-0.4, -0.2) is 79.4 Å². The number of hydrogen-bond acceptors (Lipinski definition) is 12. The van der Waals surface area contributed by atoms with Crippen molar-refractivity contribution in [3.8, 4) is 0 Å². The third kappa shape index (κ3) is 11.5. The molecule has 13 nitrogen and oxygen atoms in total. The molecule has 5 rings (SSSR count). The van der Waals surface area contributed by atoms with Gasteiger partial charge >= 0.3 is 30.0 Å². The lowest BCUT2D eigenvalue weighted by atomic mass is 10.1. The number of carbonyl (C=O) groups is 5. The van der Waals surface area contributed by atoms with Crippen LogP contribution in [0.5, 0.6) is 0 Å². The minimum atomic E-state index is -1.50. The monoisotopic (exact) mass is 739 g/mol. The van der Waals surface area contributed by atoms with Crippen LogP contribution < -0.4 is 5.32 Å². The van der Waals surface area contributed by atoms with E-state index in [-0.39, 0.29) is 23.3 Å². The van der Waals surface area contributed by atoms with Crippen molar-refractivity contribution < 1.29 is 57.1 Å². The molecule has 282 valence electrons. The van der Waals surface area contributed by atoms with Crippen LogP contribution in [-0.2, 0) is 44.6 Å². The highest BCUT2D eigenvalue weighted by Gasteiger charge is 2.51. The quantitative estimate of drug-likeness (QED) is 0.125. The second-order valence-corrected chi connectivity index (χ2v) is 13.1. The molecule has 0 radical (unpaired) electrons. The smallest absolute Gasteiger partial charge is 0.408 e. The van der Waals surface area contributed by atoms with Crippen molar-refractivity contribution in [2.45, 2.75) is 63.6 Å². The predicted octanol–water partition coefficient (Wildman–Crippen LogP) is 5.67. The van der Waals surface area contributed by atoms with Crippen LogP contribution in [0.15, 0.2) is 121 Å². The lowest BCUT2D eigenvalue weighted by molar-refractivity contribution is -0.182. The zero-order valence-corrected chi connectivity index (χ0v) is 30.0. The first kappa shape index (κ1) is 39.2. The van der Waals surface area contributed by atoms with Gasteiger partial charge < -0.3 is 38.5 Å².